The number of furan rings is 1. The van der Waals surface area contributed by atoms with Crippen LogP contribution in [0.5, 0.6) is 0 Å². The highest BCUT2D eigenvalue weighted by Crippen LogP contribution is 2.28. The summed E-state index contributed by atoms with van der Waals surface area (Å²) in [5.41, 5.74) is 0.927. The van der Waals surface area contributed by atoms with Crippen LogP contribution in [0.15, 0.2) is 39.7 Å². The lowest BCUT2D eigenvalue weighted by Gasteiger charge is -2.21. The summed E-state index contributed by atoms with van der Waals surface area (Å²) in [6.45, 7) is 5.86. The minimum Gasteiger partial charge on any atom is -0.459 e. The van der Waals surface area contributed by atoms with Gasteiger partial charge in [-0.05, 0) is 37.8 Å². The van der Waals surface area contributed by atoms with Crippen LogP contribution in [-0.4, -0.2) is 44.2 Å². The smallest absolute Gasteiger partial charge is 0.194 e. The van der Waals surface area contributed by atoms with E-state index in [-0.39, 0.29) is 24.0 Å². The van der Waals surface area contributed by atoms with Crippen LogP contribution >= 0.6 is 24.0 Å². The molecule has 25 heavy (non-hydrogen) atoms. The number of nitrogens with zero attached hydrogens (tertiary/aromatic N) is 2. The van der Waals surface area contributed by atoms with E-state index in [4.69, 9.17) is 9.15 Å². The van der Waals surface area contributed by atoms with Crippen molar-refractivity contribution in [1.82, 2.24) is 10.2 Å². The Labute approximate surface area is 166 Å². The fourth-order valence-corrected chi connectivity index (χ4v) is 2.64. The second-order valence-electron chi connectivity index (χ2n) is 6.36. The number of para-hydroxylation sites is 1. The highest BCUT2D eigenvalue weighted by atomic mass is 127. The summed E-state index contributed by atoms with van der Waals surface area (Å²) in [6, 6.07) is 10.2. The SMILES string of the molecule is CCNC(=NCCOCC1CC1)N(C)Cc1cc2ccccc2o1.I. The second-order valence-corrected chi connectivity index (χ2v) is 6.36. The summed E-state index contributed by atoms with van der Waals surface area (Å²) < 4.78 is 11.5. The van der Waals surface area contributed by atoms with E-state index < -0.39 is 0 Å². The molecule has 1 fully saturated rings. The van der Waals surface area contributed by atoms with Crippen molar-refractivity contribution in [3.05, 3.63) is 36.1 Å². The van der Waals surface area contributed by atoms with Gasteiger partial charge in [0.1, 0.15) is 11.3 Å². The normalized spacial score (nSPS) is 14.4. The second kappa shape index (κ2) is 10.0. The van der Waals surface area contributed by atoms with Crippen LogP contribution in [-0.2, 0) is 11.3 Å². The van der Waals surface area contributed by atoms with Gasteiger partial charge < -0.3 is 19.4 Å². The molecule has 1 aromatic heterocycles. The molecule has 0 saturated heterocycles. The zero-order valence-electron chi connectivity index (χ0n) is 15.0. The first kappa shape index (κ1) is 20.0. The highest BCUT2D eigenvalue weighted by molar-refractivity contribution is 14.0. The summed E-state index contributed by atoms with van der Waals surface area (Å²) in [5.74, 6) is 2.63. The van der Waals surface area contributed by atoms with E-state index in [2.05, 4.69) is 34.3 Å². The lowest BCUT2D eigenvalue weighted by molar-refractivity contribution is 0.131. The Balaban J connectivity index is 0.00000225. The Bertz CT molecular complexity index is 649. The molecule has 138 valence electrons. The van der Waals surface area contributed by atoms with Gasteiger partial charge in [0, 0.05) is 25.6 Å². The average molecular weight is 457 g/mol. The van der Waals surface area contributed by atoms with Crippen molar-refractivity contribution < 1.29 is 9.15 Å². The third-order valence-corrected chi connectivity index (χ3v) is 4.11. The monoisotopic (exact) mass is 457 g/mol. The van der Waals surface area contributed by atoms with E-state index in [1.54, 1.807) is 0 Å². The van der Waals surface area contributed by atoms with Gasteiger partial charge >= 0.3 is 0 Å². The molecule has 1 aliphatic carbocycles. The van der Waals surface area contributed by atoms with E-state index in [1.165, 1.54) is 12.8 Å². The Kier molecular flexibility index (Phi) is 8.02. The van der Waals surface area contributed by atoms with Crippen LogP contribution < -0.4 is 5.32 Å². The third-order valence-electron chi connectivity index (χ3n) is 4.11. The molecule has 0 bridgehead atoms. The van der Waals surface area contributed by atoms with Gasteiger partial charge in [-0.3, -0.25) is 4.99 Å². The number of hydrogen-bond acceptors (Lipinski definition) is 3. The van der Waals surface area contributed by atoms with Crippen LogP contribution in [0.3, 0.4) is 0 Å². The van der Waals surface area contributed by atoms with Crippen molar-refractivity contribution in [2.24, 2.45) is 10.9 Å². The molecule has 3 rings (SSSR count). The number of ether oxygens (including phenoxy) is 1. The molecule has 5 nitrogen and oxygen atoms in total. The van der Waals surface area contributed by atoms with E-state index >= 15 is 0 Å². The van der Waals surface area contributed by atoms with Crippen LogP contribution in [0.4, 0.5) is 0 Å². The lowest BCUT2D eigenvalue weighted by atomic mass is 10.2. The largest absolute Gasteiger partial charge is 0.459 e. The highest BCUT2D eigenvalue weighted by Gasteiger charge is 2.20. The minimum absolute atomic E-state index is 0. The summed E-state index contributed by atoms with van der Waals surface area (Å²) in [6.07, 6.45) is 2.65. The first-order valence-corrected chi connectivity index (χ1v) is 8.81. The molecule has 2 aromatic rings. The number of nitrogens with one attached hydrogen (secondary N) is 1. The van der Waals surface area contributed by atoms with Crippen LogP contribution in [0, 0.1) is 5.92 Å². The average Bonchev–Trinajstić information content (AvgIpc) is 3.31. The molecule has 1 heterocycles. The Hall–Kier alpha value is -1.28. The standard InChI is InChI=1S/C19H27N3O2.HI/c1-3-20-19(21-10-11-23-14-15-8-9-15)22(2)13-17-12-16-6-4-5-7-18(16)24-17;/h4-7,12,15H,3,8-11,13-14H2,1-2H3,(H,20,21);1H. The number of halogens is 1. The number of benzene rings is 1. The van der Waals surface area contributed by atoms with Crippen molar-refractivity contribution in [3.8, 4) is 0 Å². The summed E-state index contributed by atoms with van der Waals surface area (Å²) in [5, 5.41) is 4.46. The molecule has 1 aromatic carbocycles. The number of hydrogen-bond donors (Lipinski definition) is 1. The lowest BCUT2D eigenvalue weighted by Crippen LogP contribution is -2.38. The molecule has 0 spiro atoms. The summed E-state index contributed by atoms with van der Waals surface area (Å²) in [4.78, 5) is 6.73. The molecule has 1 saturated carbocycles. The minimum atomic E-state index is 0. The van der Waals surface area contributed by atoms with Gasteiger partial charge in [0.25, 0.3) is 0 Å². The first-order chi connectivity index (χ1) is 11.8. The van der Waals surface area contributed by atoms with Crippen LogP contribution in [0.25, 0.3) is 11.0 Å². The zero-order chi connectivity index (χ0) is 16.8. The number of aliphatic imine (C=N–C) groups is 1. The number of guanidine groups is 1. The molecule has 1 N–H and O–H groups in total. The maximum atomic E-state index is 5.89. The van der Waals surface area contributed by atoms with E-state index in [9.17, 15) is 0 Å². The van der Waals surface area contributed by atoms with E-state index in [0.717, 1.165) is 41.8 Å². The van der Waals surface area contributed by atoms with Gasteiger partial charge in [0.15, 0.2) is 5.96 Å². The summed E-state index contributed by atoms with van der Waals surface area (Å²) in [7, 11) is 2.03. The molecule has 0 radical (unpaired) electrons. The fraction of sp³-hybridized carbons (Fsp3) is 0.526. The van der Waals surface area contributed by atoms with Gasteiger partial charge in [0.05, 0.1) is 19.7 Å². The Morgan fingerprint density at radius 3 is 2.88 bits per heavy atom. The van der Waals surface area contributed by atoms with Gasteiger partial charge in [-0.25, -0.2) is 0 Å². The maximum absolute atomic E-state index is 5.89. The number of fused-ring (bicyclic) bond motifs is 1. The first-order valence-electron chi connectivity index (χ1n) is 8.81. The molecule has 0 aliphatic heterocycles. The molecular weight excluding hydrogens is 429 g/mol. The quantitative estimate of drug-likeness (QED) is 0.283. The van der Waals surface area contributed by atoms with Crippen molar-refractivity contribution >= 4 is 40.9 Å². The van der Waals surface area contributed by atoms with Gasteiger partial charge in [-0.1, -0.05) is 18.2 Å². The van der Waals surface area contributed by atoms with Crippen molar-refractivity contribution in [1.29, 1.82) is 0 Å². The third kappa shape index (κ3) is 6.18. The van der Waals surface area contributed by atoms with E-state index in [1.807, 2.05) is 25.2 Å². The number of rotatable bonds is 8. The predicted molar refractivity (Wildman–Crippen MR) is 113 cm³/mol. The zero-order valence-corrected chi connectivity index (χ0v) is 17.4. The predicted octanol–water partition coefficient (Wildman–Crippen LogP) is 3.87. The molecule has 0 atom stereocenters. The topological polar surface area (TPSA) is 50.0 Å². The molecule has 0 amide bonds. The van der Waals surface area contributed by atoms with Crippen molar-refractivity contribution in [2.45, 2.75) is 26.3 Å². The van der Waals surface area contributed by atoms with E-state index in [0.29, 0.717) is 19.7 Å². The maximum Gasteiger partial charge on any atom is 0.194 e. The Morgan fingerprint density at radius 2 is 2.16 bits per heavy atom. The van der Waals surface area contributed by atoms with Crippen molar-refractivity contribution in [2.75, 3.05) is 33.4 Å². The van der Waals surface area contributed by atoms with Gasteiger partial charge in [-0.2, -0.15) is 0 Å². The van der Waals surface area contributed by atoms with Gasteiger partial charge in [-0.15, -0.1) is 24.0 Å². The molecule has 6 heteroatoms. The molecule has 0 unspecified atom stereocenters. The van der Waals surface area contributed by atoms with Crippen molar-refractivity contribution in [3.63, 3.8) is 0 Å². The fourth-order valence-electron chi connectivity index (χ4n) is 2.64. The molecule has 1 aliphatic rings. The van der Waals surface area contributed by atoms with Crippen LogP contribution in [0.2, 0.25) is 0 Å². The molecular formula is C19H28IN3O2. The van der Waals surface area contributed by atoms with Crippen LogP contribution in [0.1, 0.15) is 25.5 Å². The Morgan fingerprint density at radius 1 is 1.36 bits per heavy atom. The summed E-state index contributed by atoms with van der Waals surface area (Å²) >= 11 is 0. The van der Waals surface area contributed by atoms with Gasteiger partial charge in [0.2, 0.25) is 0 Å².